The average molecular weight is 1080 g/mol. The van der Waals surface area contributed by atoms with Crippen LogP contribution in [-0.2, 0) is 44.8 Å². The maximum atomic E-state index is 14.7. The minimum atomic E-state index is -1.20. The zero-order valence-electron chi connectivity index (χ0n) is 45.7. The normalized spacial score (nSPS) is 23.1. The number of amides is 8. The fourth-order valence-electron chi connectivity index (χ4n) is 10.1. The number of aliphatic imine (C=N–C) groups is 6. The second kappa shape index (κ2) is 29.6. The van der Waals surface area contributed by atoms with Gasteiger partial charge in [-0.15, -0.1) is 0 Å². The zero-order chi connectivity index (χ0) is 56.3. The molecule has 0 aliphatic carbocycles. The van der Waals surface area contributed by atoms with Crippen LogP contribution in [0.2, 0.25) is 0 Å². The highest BCUT2D eigenvalue weighted by Gasteiger charge is 2.41. The van der Waals surface area contributed by atoms with E-state index >= 15 is 0 Å². The van der Waals surface area contributed by atoms with E-state index in [4.69, 9.17) is 5.73 Å². The van der Waals surface area contributed by atoms with E-state index in [0.717, 1.165) is 12.0 Å². The van der Waals surface area contributed by atoms with Gasteiger partial charge in [0.15, 0.2) is 0 Å². The Morgan fingerprint density at radius 1 is 0.654 bits per heavy atom. The molecule has 24 heteroatoms. The monoisotopic (exact) mass is 1080 g/mol. The molecule has 0 radical (unpaired) electrons. The van der Waals surface area contributed by atoms with Gasteiger partial charge in [0, 0.05) is 63.5 Å². The van der Waals surface area contributed by atoms with Crippen molar-refractivity contribution in [3.8, 4) is 0 Å². The molecule has 78 heavy (non-hydrogen) atoms. The Bertz CT molecular complexity index is 2400. The number of carbonyl (C=O) groups excluding carboxylic acids is 8. The third-order valence-corrected chi connectivity index (χ3v) is 14.6. The quantitative estimate of drug-likeness (QED) is 0.0484. The summed E-state index contributed by atoms with van der Waals surface area (Å²) in [5.74, 6) is -4.77. The smallest absolute Gasteiger partial charge is 0.245 e. The summed E-state index contributed by atoms with van der Waals surface area (Å²) in [6, 6.07) is -0.500. The summed E-state index contributed by atoms with van der Waals surface area (Å²) in [7, 11) is 0. The number of likely N-dealkylation sites (tertiary alicyclic amines) is 1. The van der Waals surface area contributed by atoms with Crippen LogP contribution < -0.4 is 48.3 Å². The molecule has 5 heterocycles. The number of carbonyl (C=O) groups is 8. The van der Waals surface area contributed by atoms with Gasteiger partial charge in [-0.3, -0.25) is 53.3 Å². The van der Waals surface area contributed by atoms with Crippen LogP contribution in [0.1, 0.15) is 105 Å². The second-order valence-electron chi connectivity index (χ2n) is 21.6. The van der Waals surface area contributed by atoms with Gasteiger partial charge in [-0.2, -0.15) is 0 Å². The Balaban J connectivity index is 1.15. The molecule has 1 aromatic rings. The highest BCUT2D eigenvalue weighted by Crippen LogP contribution is 2.22. The maximum absolute atomic E-state index is 14.7. The summed E-state index contributed by atoms with van der Waals surface area (Å²) < 4.78 is 0. The van der Waals surface area contributed by atoms with Crippen LogP contribution in [0.4, 0.5) is 0 Å². The van der Waals surface area contributed by atoms with Gasteiger partial charge in [0.05, 0.1) is 30.2 Å². The summed E-state index contributed by atoms with van der Waals surface area (Å²) in [5.41, 5.74) is 6.40. The van der Waals surface area contributed by atoms with Gasteiger partial charge in [0.25, 0.3) is 0 Å². The Morgan fingerprint density at radius 3 is 1.78 bits per heavy atom. The summed E-state index contributed by atoms with van der Waals surface area (Å²) >= 11 is 0. The average Bonchev–Trinajstić information content (AvgIpc) is 4.28. The van der Waals surface area contributed by atoms with E-state index < -0.39 is 114 Å². The largest absolute Gasteiger partial charge is 0.368 e. The third kappa shape index (κ3) is 17.7. The zero-order valence-corrected chi connectivity index (χ0v) is 45.7. The topological polar surface area (TPSA) is 336 Å². The van der Waals surface area contributed by atoms with Crippen molar-refractivity contribution < 1.29 is 38.4 Å². The SMILES string of the molecule is CC[C@H](C)[C@H](NC(=O)[C@@H](NC[C@H](CC(C)C)NC(=O)[C@H](CC1C=NC=N1)NC(=O)[C@H](Cc1ccccc1)NC(=O)[C@@H]1CCCN1C(=O)[C@H](CC1C=NC=N1)NC(=O)[C@@H]1CCCN1)C(C)C)C(=O)N[C@@H](CC1C=NC=N1)C(N)=O. The first kappa shape index (κ1) is 60.2. The first-order valence-corrected chi connectivity index (χ1v) is 27.5. The fourth-order valence-corrected chi connectivity index (χ4v) is 10.1. The van der Waals surface area contributed by atoms with Crippen molar-refractivity contribution >= 4 is 84.9 Å². The Labute approximate surface area is 456 Å². The Hall–Kier alpha value is -7.08. The molecule has 0 spiro atoms. The van der Waals surface area contributed by atoms with Crippen molar-refractivity contribution in [3.63, 3.8) is 0 Å². The molecule has 8 amide bonds. The second-order valence-corrected chi connectivity index (χ2v) is 21.6. The van der Waals surface area contributed by atoms with E-state index in [1.807, 2.05) is 71.9 Å². The molecule has 5 aliphatic rings. The van der Waals surface area contributed by atoms with E-state index in [1.165, 1.54) is 23.9 Å². The Kier molecular flexibility index (Phi) is 22.8. The molecule has 2 fully saturated rings. The van der Waals surface area contributed by atoms with Crippen LogP contribution in [-0.4, -0.2) is 182 Å². The van der Waals surface area contributed by atoms with Gasteiger partial charge in [-0.05, 0) is 62.0 Å². The summed E-state index contributed by atoms with van der Waals surface area (Å²) in [4.78, 5) is 138. The van der Waals surface area contributed by atoms with Crippen molar-refractivity contribution in [2.24, 2.45) is 53.4 Å². The van der Waals surface area contributed by atoms with Crippen LogP contribution in [0, 0.1) is 17.8 Å². The third-order valence-electron chi connectivity index (χ3n) is 14.6. The number of nitrogens with zero attached hydrogens (tertiary/aromatic N) is 7. The Morgan fingerprint density at radius 2 is 1.23 bits per heavy atom. The van der Waals surface area contributed by atoms with Crippen LogP contribution in [0.5, 0.6) is 0 Å². The van der Waals surface area contributed by atoms with Gasteiger partial charge < -0.3 is 53.2 Å². The minimum Gasteiger partial charge on any atom is -0.368 e. The number of rotatable bonds is 30. The van der Waals surface area contributed by atoms with E-state index in [1.54, 1.807) is 18.6 Å². The number of nitrogens with two attached hydrogens (primary N) is 1. The molecular weight excluding hydrogens is 1000 g/mol. The number of hydrogen-bond donors (Lipinski definition) is 9. The number of primary amides is 1. The lowest BCUT2D eigenvalue weighted by Crippen LogP contribution is -2.60. The first-order chi connectivity index (χ1) is 37.4. The van der Waals surface area contributed by atoms with Gasteiger partial charge >= 0.3 is 0 Å². The van der Waals surface area contributed by atoms with E-state index in [2.05, 4.69) is 72.5 Å². The predicted octanol–water partition coefficient (Wildman–Crippen LogP) is -0.313. The molecule has 3 unspecified atom stereocenters. The fraction of sp³-hybridized carbons (Fsp3) is 0.630. The minimum absolute atomic E-state index is 0.0315. The van der Waals surface area contributed by atoms with Gasteiger partial charge in [0.1, 0.15) is 55.3 Å². The lowest BCUT2D eigenvalue weighted by molar-refractivity contribution is -0.142. The van der Waals surface area contributed by atoms with Crippen LogP contribution >= 0.6 is 0 Å². The molecular formula is C54H80N16O8. The molecule has 0 bridgehead atoms. The molecule has 13 atom stereocenters. The van der Waals surface area contributed by atoms with Gasteiger partial charge in [-0.1, -0.05) is 78.3 Å². The van der Waals surface area contributed by atoms with Gasteiger partial charge in [-0.25, -0.2) is 15.0 Å². The van der Waals surface area contributed by atoms with Crippen LogP contribution in [0.25, 0.3) is 0 Å². The first-order valence-electron chi connectivity index (χ1n) is 27.5. The van der Waals surface area contributed by atoms with Crippen LogP contribution in [0.15, 0.2) is 60.3 Å². The number of nitrogens with one attached hydrogen (secondary N) is 8. The predicted molar refractivity (Wildman–Crippen MR) is 298 cm³/mol. The molecule has 2 saturated heterocycles. The van der Waals surface area contributed by atoms with Crippen LogP contribution in [0.3, 0.4) is 0 Å². The van der Waals surface area contributed by atoms with E-state index in [9.17, 15) is 38.4 Å². The standard InChI is InChI=1S/C54H80N16O8/c1-7-33(6)46(53(77)65-40(47(55)71)21-35-24-56-28-61-35)69-52(76)45(32(4)5)60-27-38(19-31(2)3)64-49(73)42(22-36-25-57-29-62-36)66-50(74)41(20-34-13-9-8-10-14-34)67-51(75)44-16-12-18-70(44)54(78)43(23-37-26-58-30-63-37)68-48(72)39-15-11-17-59-39/h8-10,13-14,24-26,28-33,35-46,59-60H,7,11-12,15-23,27H2,1-6H3,(H2,55,71)(H,64,73)(H,65,77)(H,66,74)(H,67,75)(H,68,72)(H,69,76)/t33-,35?,36?,37?,38-,39-,40-,41-,42-,43-,44-,45-,46-/m0/s1. The molecule has 5 aliphatic heterocycles. The molecule has 424 valence electrons. The summed E-state index contributed by atoms with van der Waals surface area (Å²) in [6.45, 7) is 12.5. The maximum Gasteiger partial charge on any atom is 0.245 e. The van der Waals surface area contributed by atoms with Crippen molar-refractivity contribution in [1.29, 1.82) is 0 Å². The molecule has 6 rings (SSSR count). The molecule has 10 N–H and O–H groups in total. The van der Waals surface area contributed by atoms with E-state index in [-0.39, 0.29) is 62.4 Å². The highest BCUT2D eigenvalue weighted by atomic mass is 16.2. The van der Waals surface area contributed by atoms with Crippen molar-refractivity contribution in [1.82, 2.24) is 47.4 Å². The van der Waals surface area contributed by atoms with Crippen molar-refractivity contribution in [2.45, 2.75) is 178 Å². The summed E-state index contributed by atoms with van der Waals surface area (Å²) in [5, 5.41) is 24.0. The highest BCUT2D eigenvalue weighted by molar-refractivity contribution is 5.98. The lowest BCUT2D eigenvalue weighted by atomic mass is 9.95. The lowest BCUT2D eigenvalue weighted by Gasteiger charge is -2.31. The molecule has 0 saturated carbocycles. The van der Waals surface area contributed by atoms with Crippen molar-refractivity contribution in [3.05, 3.63) is 35.9 Å². The number of benzene rings is 1. The number of hydrogen-bond acceptors (Lipinski definition) is 16. The molecule has 24 nitrogen and oxygen atoms in total. The molecule has 0 aromatic heterocycles. The van der Waals surface area contributed by atoms with Crippen molar-refractivity contribution in [2.75, 3.05) is 19.6 Å². The summed E-state index contributed by atoms with van der Waals surface area (Å²) in [6.07, 6.45) is 12.5. The molecule has 1 aromatic carbocycles. The van der Waals surface area contributed by atoms with Gasteiger partial charge in [0.2, 0.25) is 47.3 Å². The van der Waals surface area contributed by atoms with E-state index in [0.29, 0.717) is 38.6 Å².